The topological polar surface area (TPSA) is 84.0 Å². The van der Waals surface area contributed by atoms with Crippen molar-refractivity contribution >= 4 is 17.6 Å². The van der Waals surface area contributed by atoms with Crippen LogP contribution < -0.4 is 25.4 Å². The molecule has 30 heavy (non-hydrogen) atoms. The van der Waals surface area contributed by atoms with E-state index in [0.29, 0.717) is 25.7 Å². The van der Waals surface area contributed by atoms with Crippen molar-refractivity contribution in [1.29, 1.82) is 0 Å². The van der Waals surface area contributed by atoms with Crippen LogP contribution >= 0.6 is 0 Å². The predicted octanol–water partition coefficient (Wildman–Crippen LogP) is 3.44. The minimum atomic E-state index is -0.119. The summed E-state index contributed by atoms with van der Waals surface area (Å²) in [7, 11) is 0. The van der Waals surface area contributed by atoms with E-state index in [1.165, 1.54) is 0 Å². The number of amides is 1. The van der Waals surface area contributed by atoms with Crippen molar-refractivity contribution in [3.63, 3.8) is 0 Å². The highest BCUT2D eigenvalue weighted by molar-refractivity contribution is 5.95. The lowest BCUT2D eigenvalue weighted by molar-refractivity contribution is -0.119. The first kappa shape index (κ1) is 23.1. The summed E-state index contributed by atoms with van der Waals surface area (Å²) in [5.74, 6) is 2.08. The highest BCUT2D eigenvalue weighted by Crippen LogP contribution is 2.16. The average molecular weight is 413 g/mol. The molecule has 0 unspecified atom stereocenters. The molecule has 2 aromatic carbocycles. The second-order valence-corrected chi connectivity index (χ2v) is 6.88. The number of rotatable bonds is 11. The molecule has 0 bridgehead atoms. The molecule has 0 fully saturated rings. The van der Waals surface area contributed by atoms with Gasteiger partial charge >= 0.3 is 0 Å². The number of guanidine groups is 1. The minimum Gasteiger partial charge on any atom is -0.494 e. The Balaban J connectivity index is 1.87. The number of hydrogen-bond donors (Lipinski definition) is 3. The molecule has 0 saturated heterocycles. The van der Waals surface area contributed by atoms with Gasteiger partial charge in [0, 0.05) is 18.8 Å². The van der Waals surface area contributed by atoms with Crippen LogP contribution in [0, 0.1) is 0 Å². The number of ether oxygens (including phenoxy) is 2. The Hall–Kier alpha value is -3.22. The van der Waals surface area contributed by atoms with Gasteiger partial charge in [-0.05, 0) is 63.6 Å². The molecule has 7 heteroatoms. The zero-order valence-electron chi connectivity index (χ0n) is 18.0. The molecule has 0 spiro atoms. The molecule has 0 aliphatic carbocycles. The molecule has 0 atom stereocenters. The summed E-state index contributed by atoms with van der Waals surface area (Å²) >= 11 is 0. The van der Waals surface area contributed by atoms with E-state index in [1.807, 2.05) is 75.4 Å². The van der Waals surface area contributed by atoms with Crippen LogP contribution in [0.25, 0.3) is 0 Å². The van der Waals surface area contributed by atoms with Gasteiger partial charge in [0.1, 0.15) is 18.0 Å². The van der Waals surface area contributed by atoms with Crippen LogP contribution in [0.2, 0.25) is 0 Å². The molecule has 0 saturated carbocycles. The van der Waals surface area contributed by atoms with E-state index in [1.54, 1.807) is 0 Å². The second kappa shape index (κ2) is 13.1. The Labute approximate surface area is 178 Å². The highest BCUT2D eigenvalue weighted by Gasteiger charge is 2.04. The SMILES string of the molecule is CCNC(=O)CN=C(NCCCOc1ccccc1)Nc1ccc(OC(C)C)cc1. The van der Waals surface area contributed by atoms with Crippen molar-refractivity contribution < 1.29 is 14.3 Å². The van der Waals surface area contributed by atoms with Gasteiger partial charge in [-0.2, -0.15) is 0 Å². The number of anilines is 1. The van der Waals surface area contributed by atoms with Crippen molar-refractivity contribution in [1.82, 2.24) is 10.6 Å². The Morgan fingerprint density at radius 1 is 1.00 bits per heavy atom. The van der Waals surface area contributed by atoms with Gasteiger partial charge in [0.15, 0.2) is 5.96 Å². The average Bonchev–Trinajstić information content (AvgIpc) is 2.73. The number of carbonyl (C=O) groups is 1. The largest absolute Gasteiger partial charge is 0.494 e. The molecule has 0 aliphatic heterocycles. The van der Waals surface area contributed by atoms with Crippen LogP contribution in [-0.4, -0.2) is 44.2 Å². The molecule has 3 N–H and O–H groups in total. The second-order valence-electron chi connectivity index (χ2n) is 6.88. The summed E-state index contributed by atoms with van der Waals surface area (Å²) in [5, 5.41) is 9.22. The van der Waals surface area contributed by atoms with Gasteiger partial charge in [0.05, 0.1) is 12.7 Å². The third kappa shape index (κ3) is 9.32. The van der Waals surface area contributed by atoms with Gasteiger partial charge in [-0.25, -0.2) is 4.99 Å². The monoisotopic (exact) mass is 412 g/mol. The summed E-state index contributed by atoms with van der Waals surface area (Å²) in [6.07, 6.45) is 0.913. The van der Waals surface area contributed by atoms with Crippen LogP contribution in [0.4, 0.5) is 5.69 Å². The quantitative estimate of drug-likeness (QED) is 0.299. The fraction of sp³-hybridized carbons (Fsp3) is 0.391. The number of carbonyl (C=O) groups excluding carboxylic acids is 1. The standard InChI is InChI=1S/C23H32N4O3/c1-4-24-22(28)17-26-23(25-15-8-16-29-20-9-6-5-7-10-20)27-19-11-13-21(14-12-19)30-18(2)3/h5-7,9-14,18H,4,8,15-17H2,1-3H3,(H,24,28)(H2,25,26,27). The molecule has 0 radical (unpaired) electrons. The Morgan fingerprint density at radius 2 is 1.73 bits per heavy atom. The lowest BCUT2D eigenvalue weighted by Crippen LogP contribution is -2.34. The molecule has 7 nitrogen and oxygen atoms in total. The summed E-state index contributed by atoms with van der Waals surface area (Å²) in [5.41, 5.74) is 0.855. The van der Waals surface area contributed by atoms with Gasteiger partial charge in [-0.15, -0.1) is 0 Å². The fourth-order valence-electron chi connectivity index (χ4n) is 2.55. The van der Waals surface area contributed by atoms with E-state index in [2.05, 4.69) is 20.9 Å². The maximum Gasteiger partial charge on any atom is 0.241 e. The summed E-state index contributed by atoms with van der Waals surface area (Å²) < 4.78 is 11.4. The molecule has 1 amide bonds. The molecular formula is C23H32N4O3. The van der Waals surface area contributed by atoms with E-state index in [9.17, 15) is 4.79 Å². The van der Waals surface area contributed by atoms with Crippen LogP contribution in [-0.2, 0) is 4.79 Å². The molecular weight excluding hydrogens is 380 g/mol. The number of benzene rings is 2. The smallest absolute Gasteiger partial charge is 0.241 e. The number of nitrogens with one attached hydrogen (secondary N) is 3. The fourth-order valence-corrected chi connectivity index (χ4v) is 2.55. The minimum absolute atomic E-state index is 0.0538. The lowest BCUT2D eigenvalue weighted by Gasteiger charge is -2.14. The summed E-state index contributed by atoms with van der Waals surface area (Å²) in [6.45, 7) is 7.74. The van der Waals surface area contributed by atoms with E-state index in [0.717, 1.165) is 23.6 Å². The Kier molecular flexibility index (Phi) is 10.1. The number of likely N-dealkylation sites (N-methyl/N-ethyl adjacent to an activating group) is 1. The van der Waals surface area contributed by atoms with Crippen molar-refractivity contribution in [3.05, 3.63) is 54.6 Å². The third-order valence-corrected chi connectivity index (χ3v) is 3.87. The van der Waals surface area contributed by atoms with Gasteiger partial charge < -0.3 is 25.4 Å². The van der Waals surface area contributed by atoms with Gasteiger partial charge in [-0.1, -0.05) is 18.2 Å². The molecule has 2 rings (SSSR count). The Morgan fingerprint density at radius 3 is 2.40 bits per heavy atom. The summed E-state index contributed by atoms with van der Waals surface area (Å²) in [4.78, 5) is 16.1. The van der Waals surface area contributed by atoms with Crippen molar-refractivity contribution in [2.24, 2.45) is 4.99 Å². The zero-order chi connectivity index (χ0) is 21.6. The number of para-hydroxylation sites is 1. The van der Waals surface area contributed by atoms with E-state index < -0.39 is 0 Å². The maximum atomic E-state index is 11.8. The highest BCUT2D eigenvalue weighted by atomic mass is 16.5. The van der Waals surface area contributed by atoms with Crippen LogP contribution in [0.3, 0.4) is 0 Å². The predicted molar refractivity (Wildman–Crippen MR) is 121 cm³/mol. The number of hydrogen-bond acceptors (Lipinski definition) is 4. The van der Waals surface area contributed by atoms with Crippen molar-refractivity contribution in [2.75, 3.05) is 31.6 Å². The van der Waals surface area contributed by atoms with E-state index >= 15 is 0 Å². The molecule has 0 aromatic heterocycles. The molecule has 162 valence electrons. The zero-order valence-corrected chi connectivity index (χ0v) is 18.0. The normalized spacial score (nSPS) is 11.1. The van der Waals surface area contributed by atoms with Gasteiger partial charge in [0.2, 0.25) is 5.91 Å². The molecule has 0 heterocycles. The first-order valence-corrected chi connectivity index (χ1v) is 10.3. The van der Waals surface area contributed by atoms with Crippen molar-refractivity contribution in [3.8, 4) is 11.5 Å². The van der Waals surface area contributed by atoms with Gasteiger partial charge in [0.25, 0.3) is 0 Å². The maximum absolute atomic E-state index is 11.8. The first-order chi connectivity index (χ1) is 14.6. The van der Waals surface area contributed by atoms with Crippen LogP contribution in [0.15, 0.2) is 59.6 Å². The first-order valence-electron chi connectivity index (χ1n) is 10.3. The molecule has 2 aromatic rings. The van der Waals surface area contributed by atoms with E-state index in [4.69, 9.17) is 9.47 Å². The Bertz CT molecular complexity index is 777. The van der Waals surface area contributed by atoms with Gasteiger partial charge in [-0.3, -0.25) is 4.79 Å². The summed E-state index contributed by atoms with van der Waals surface area (Å²) in [6, 6.07) is 17.3. The number of aliphatic imine (C=N–C) groups is 1. The lowest BCUT2D eigenvalue weighted by atomic mass is 10.3. The van der Waals surface area contributed by atoms with Crippen molar-refractivity contribution in [2.45, 2.75) is 33.3 Å². The van der Waals surface area contributed by atoms with E-state index in [-0.39, 0.29) is 18.6 Å². The van der Waals surface area contributed by atoms with Crippen LogP contribution in [0.5, 0.6) is 11.5 Å². The van der Waals surface area contributed by atoms with Crippen LogP contribution in [0.1, 0.15) is 27.2 Å². The third-order valence-electron chi connectivity index (χ3n) is 3.87. The number of nitrogens with zero attached hydrogens (tertiary/aromatic N) is 1. The molecule has 0 aliphatic rings.